The van der Waals surface area contributed by atoms with Crippen molar-refractivity contribution in [1.82, 2.24) is 14.5 Å². The number of anilines is 1. The first-order valence-corrected chi connectivity index (χ1v) is 8.94. The molecular weight excluding hydrogens is 399 g/mol. The third kappa shape index (κ3) is 3.88. The van der Waals surface area contributed by atoms with Crippen molar-refractivity contribution in [2.24, 2.45) is 4.99 Å². The van der Waals surface area contributed by atoms with E-state index >= 15 is 0 Å². The van der Waals surface area contributed by atoms with Crippen molar-refractivity contribution in [3.63, 3.8) is 0 Å². The van der Waals surface area contributed by atoms with Gasteiger partial charge < -0.3 is 10.1 Å². The van der Waals surface area contributed by atoms with Gasteiger partial charge in [-0.3, -0.25) is 14.4 Å². The monoisotopic (exact) mass is 415 g/mol. The van der Waals surface area contributed by atoms with E-state index in [0.717, 1.165) is 0 Å². The molecule has 30 heavy (non-hydrogen) atoms. The molecule has 0 bridgehead atoms. The largest absolute Gasteiger partial charge is 0.497 e. The first kappa shape index (κ1) is 19.6. The van der Waals surface area contributed by atoms with Gasteiger partial charge in [-0.15, -0.1) is 0 Å². The van der Waals surface area contributed by atoms with E-state index in [1.165, 1.54) is 17.9 Å². The Bertz CT molecular complexity index is 1210. The first-order valence-electron chi connectivity index (χ1n) is 8.94. The molecule has 0 saturated carbocycles. The Balaban J connectivity index is 1.91. The van der Waals surface area contributed by atoms with Gasteiger partial charge in [-0.25, -0.2) is 4.98 Å². The summed E-state index contributed by atoms with van der Waals surface area (Å²) in [5.74, 6) is 0.371. The molecule has 0 amide bonds. The maximum atomic E-state index is 13.3. The van der Waals surface area contributed by atoms with Crippen LogP contribution in [0, 0.1) is 0 Å². The minimum Gasteiger partial charge on any atom is -0.497 e. The number of fused-ring (bicyclic) bond motifs is 1. The highest BCUT2D eigenvalue weighted by atomic mass is 19.4. The number of nitrogens with zero attached hydrogens (tertiary/aromatic N) is 4. The van der Waals surface area contributed by atoms with E-state index in [0.29, 0.717) is 34.5 Å². The number of halogens is 3. The molecule has 7 nitrogen and oxygen atoms in total. The number of aromatic nitrogens is 3. The SMILES string of the molecule is COc1ccc(-n2c(=O)c(C3=CCN=C3)cc3cnc(NCC(F)(F)F)nc32)cc1. The average Bonchev–Trinajstić information content (AvgIpc) is 3.26. The third-order valence-corrected chi connectivity index (χ3v) is 4.48. The fourth-order valence-corrected chi connectivity index (χ4v) is 3.07. The number of benzene rings is 1. The van der Waals surface area contributed by atoms with Crippen LogP contribution < -0.4 is 15.6 Å². The molecule has 3 heterocycles. The minimum atomic E-state index is -4.42. The van der Waals surface area contributed by atoms with Crippen LogP contribution in [-0.4, -0.2) is 47.1 Å². The molecule has 154 valence electrons. The standard InChI is InChI=1S/C20H16F3N5O2/c1-30-15-4-2-14(3-5-15)28-17-13(8-16(18(28)29)12-6-7-24-9-12)10-25-19(27-17)26-11-20(21,22)23/h2-6,8-10H,7,11H2,1H3,(H,25,26,27). The number of ether oxygens (including phenoxy) is 1. The van der Waals surface area contributed by atoms with Gasteiger partial charge in [0, 0.05) is 28.9 Å². The van der Waals surface area contributed by atoms with Gasteiger partial charge in [-0.05, 0) is 30.3 Å². The van der Waals surface area contributed by atoms with Crippen molar-refractivity contribution >= 4 is 28.8 Å². The molecule has 0 radical (unpaired) electrons. The second kappa shape index (κ2) is 7.62. The highest BCUT2D eigenvalue weighted by Crippen LogP contribution is 2.23. The van der Waals surface area contributed by atoms with Crippen LogP contribution in [0.5, 0.6) is 5.75 Å². The van der Waals surface area contributed by atoms with Crippen molar-refractivity contribution in [1.29, 1.82) is 0 Å². The molecule has 0 spiro atoms. The number of pyridine rings is 1. The van der Waals surface area contributed by atoms with Gasteiger partial charge in [0.2, 0.25) is 5.95 Å². The highest BCUT2D eigenvalue weighted by Gasteiger charge is 2.27. The highest BCUT2D eigenvalue weighted by molar-refractivity contribution is 6.12. The fraction of sp³-hybridized carbons (Fsp3) is 0.200. The van der Waals surface area contributed by atoms with Gasteiger partial charge in [-0.2, -0.15) is 18.2 Å². The van der Waals surface area contributed by atoms with Crippen molar-refractivity contribution in [2.45, 2.75) is 6.18 Å². The van der Waals surface area contributed by atoms with Crippen LogP contribution in [0.25, 0.3) is 22.3 Å². The lowest BCUT2D eigenvalue weighted by Crippen LogP contribution is -2.25. The van der Waals surface area contributed by atoms with Crippen LogP contribution >= 0.6 is 0 Å². The zero-order valence-corrected chi connectivity index (χ0v) is 15.8. The van der Waals surface area contributed by atoms with Crippen molar-refractivity contribution in [3.8, 4) is 11.4 Å². The summed E-state index contributed by atoms with van der Waals surface area (Å²) in [7, 11) is 1.52. The van der Waals surface area contributed by atoms with E-state index in [1.807, 2.05) is 6.08 Å². The maximum absolute atomic E-state index is 13.3. The molecule has 0 unspecified atom stereocenters. The smallest absolute Gasteiger partial charge is 0.405 e. The number of aliphatic imine (C=N–C) groups is 1. The molecular formula is C20H16F3N5O2. The molecule has 0 saturated heterocycles. The summed E-state index contributed by atoms with van der Waals surface area (Å²) >= 11 is 0. The predicted octanol–water partition coefficient (Wildman–Crippen LogP) is 3.23. The summed E-state index contributed by atoms with van der Waals surface area (Å²) in [5, 5.41) is 2.65. The summed E-state index contributed by atoms with van der Waals surface area (Å²) in [4.78, 5) is 25.6. The Kier molecular flexibility index (Phi) is 4.98. The topological polar surface area (TPSA) is 81.4 Å². The van der Waals surface area contributed by atoms with Crippen LogP contribution in [-0.2, 0) is 0 Å². The maximum Gasteiger partial charge on any atom is 0.405 e. The molecule has 1 aromatic carbocycles. The first-order chi connectivity index (χ1) is 14.4. The Labute approximate surface area is 168 Å². The number of allylic oxidation sites excluding steroid dienone is 1. The lowest BCUT2D eigenvalue weighted by atomic mass is 10.1. The van der Waals surface area contributed by atoms with E-state index in [2.05, 4.69) is 20.3 Å². The normalized spacial score (nSPS) is 13.5. The molecule has 3 aromatic rings. The van der Waals surface area contributed by atoms with Gasteiger partial charge in [0.1, 0.15) is 12.3 Å². The molecule has 1 aliphatic rings. The lowest BCUT2D eigenvalue weighted by molar-refractivity contribution is -0.115. The van der Waals surface area contributed by atoms with Crippen LogP contribution in [0.3, 0.4) is 0 Å². The van der Waals surface area contributed by atoms with E-state index in [4.69, 9.17) is 4.74 Å². The van der Waals surface area contributed by atoms with E-state index in [-0.39, 0.29) is 17.2 Å². The molecule has 1 aliphatic heterocycles. The second-order valence-electron chi connectivity index (χ2n) is 6.49. The second-order valence-corrected chi connectivity index (χ2v) is 6.49. The number of rotatable bonds is 5. The molecule has 0 aliphatic carbocycles. The molecule has 4 rings (SSSR count). The number of alkyl halides is 3. The van der Waals surface area contributed by atoms with Crippen molar-refractivity contribution < 1.29 is 17.9 Å². The Morgan fingerprint density at radius 2 is 2.00 bits per heavy atom. The summed E-state index contributed by atoms with van der Waals surface area (Å²) in [6.45, 7) is -0.807. The molecule has 1 N–H and O–H groups in total. The Morgan fingerprint density at radius 3 is 2.63 bits per heavy atom. The van der Waals surface area contributed by atoms with Gasteiger partial charge in [0.15, 0.2) is 5.65 Å². The number of nitrogens with one attached hydrogen (secondary N) is 1. The van der Waals surface area contributed by atoms with Crippen LogP contribution in [0.4, 0.5) is 19.1 Å². The van der Waals surface area contributed by atoms with Gasteiger partial charge in [-0.1, -0.05) is 6.08 Å². The average molecular weight is 415 g/mol. The summed E-state index contributed by atoms with van der Waals surface area (Å²) in [5.41, 5.74) is 1.38. The van der Waals surface area contributed by atoms with E-state index in [9.17, 15) is 18.0 Å². The molecule has 0 fully saturated rings. The third-order valence-electron chi connectivity index (χ3n) is 4.48. The Hall–Kier alpha value is -3.69. The fourth-order valence-electron chi connectivity index (χ4n) is 3.07. The van der Waals surface area contributed by atoms with Gasteiger partial charge in [0.05, 0.1) is 19.3 Å². The summed E-state index contributed by atoms with van der Waals surface area (Å²) < 4.78 is 44.2. The quantitative estimate of drug-likeness (QED) is 0.692. The van der Waals surface area contributed by atoms with Crippen molar-refractivity contribution in [2.75, 3.05) is 25.5 Å². The number of hydrogen-bond donors (Lipinski definition) is 1. The minimum absolute atomic E-state index is 0.184. The van der Waals surface area contributed by atoms with Crippen LogP contribution in [0.1, 0.15) is 5.56 Å². The predicted molar refractivity (Wildman–Crippen MR) is 108 cm³/mol. The number of methoxy groups -OCH3 is 1. The Morgan fingerprint density at radius 1 is 1.23 bits per heavy atom. The summed E-state index contributed by atoms with van der Waals surface area (Å²) in [6, 6.07) is 8.33. The van der Waals surface area contributed by atoms with Gasteiger partial charge >= 0.3 is 6.18 Å². The zero-order valence-electron chi connectivity index (χ0n) is 15.8. The zero-order chi connectivity index (χ0) is 21.3. The number of hydrogen-bond acceptors (Lipinski definition) is 6. The molecule has 2 aromatic heterocycles. The van der Waals surface area contributed by atoms with Crippen LogP contribution in [0.2, 0.25) is 0 Å². The van der Waals surface area contributed by atoms with Crippen molar-refractivity contribution in [3.05, 3.63) is 58.5 Å². The lowest BCUT2D eigenvalue weighted by Gasteiger charge is -2.14. The molecule has 0 atom stereocenters. The molecule has 10 heteroatoms. The van der Waals surface area contributed by atoms with Crippen LogP contribution in [0.15, 0.2) is 52.4 Å². The van der Waals surface area contributed by atoms with Gasteiger partial charge in [0.25, 0.3) is 5.56 Å². The summed E-state index contributed by atoms with van der Waals surface area (Å²) in [6.07, 6.45) is 0.394. The van der Waals surface area contributed by atoms with E-state index < -0.39 is 12.7 Å². The van der Waals surface area contributed by atoms with E-state index in [1.54, 1.807) is 36.5 Å².